The van der Waals surface area contributed by atoms with Crippen molar-refractivity contribution in [2.75, 3.05) is 21.0 Å². The Balaban J connectivity index is 1.54. The lowest BCUT2D eigenvalue weighted by Crippen LogP contribution is -2.13. The van der Waals surface area contributed by atoms with Crippen LogP contribution in [0, 0.1) is 5.82 Å². The van der Waals surface area contributed by atoms with Gasteiger partial charge in [-0.2, -0.15) is 0 Å². The molecule has 7 heteroatoms. The van der Waals surface area contributed by atoms with Gasteiger partial charge in [0.2, 0.25) is 18.3 Å². The van der Waals surface area contributed by atoms with Crippen LogP contribution in [0.1, 0.15) is 17.5 Å². The second-order valence-electron chi connectivity index (χ2n) is 6.02. The van der Waals surface area contributed by atoms with E-state index in [0.717, 1.165) is 16.8 Å². The Labute approximate surface area is 150 Å². The minimum atomic E-state index is -0.276. The van der Waals surface area contributed by atoms with Crippen LogP contribution >= 0.6 is 0 Å². The molecule has 0 saturated heterocycles. The van der Waals surface area contributed by atoms with Gasteiger partial charge in [-0.1, -0.05) is 17.3 Å². The third-order valence-electron chi connectivity index (χ3n) is 4.42. The average molecular weight is 359 g/mol. The number of hydrogen-bond acceptors (Lipinski definition) is 6. The predicted molar refractivity (Wildman–Crippen MR) is 91.8 cm³/mol. The number of rotatable bonds is 5. The number of nitrogens with zero attached hydrogens (tertiary/aromatic N) is 1. The van der Waals surface area contributed by atoms with Crippen molar-refractivity contribution in [3.63, 3.8) is 0 Å². The Kier molecular flexibility index (Phi) is 4.28. The van der Waals surface area contributed by atoms with Crippen LogP contribution in [0.2, 0.25) is 0 Å². The Morgan fingerprint density at radius 2 is 1.88 bits per heavy atom. The monoisotopic (exact) mass is 359 g/mol. The molecule has 0 radical (unpaired) electrons. The first-order valence-electron chi connectivity index (χ1n) is 8.21. The van der Waals surface area contributed by atoms with Crippen molar-refractivity contribution in [2.45, 2.75) is 18.9 Å². The summed E-state index contributed by atoms with van der Waals surface area (Å²) in [5.41, 5.74) is 2.53. The number of hydrogen-bond donors (Lipinski definition) is 0. The van der Waals surface area contributed by atoms with Crippen LogP contribution in [0.3, 0.4) is 0 Å². The van der Waals surface area contributed by atoms with Crippen molar-refractivity contribution >= 4 is 5.71 Å². The lowest BCUT2D eigenvalue weighted by Gasteiger charge is -2.15. The Bertz CT molecular complexity index is 850. The summed E-state index contributed by atoms with van der Waals surface area (Å²) in [5.74, 6) is 2.01. The molecule has 2 aliphatic heterocycles. The maximum absolute atomic E-state index is 13.1. The first kappa shape index (κ1) is 16.5. The van der Waals surface area contributed by atoms with Crippen molar-refractivity contribution in [1.82, 2.24) is 0 Å². The molecule has 2 aromatic rings. The molecule has 2 aliphatic rings. The van der Waals surface area contributed by atoms with Crippen LogP contribution in [0.4, 0.5) is 4.39 Å². The smallest absolute Gasteiger partial charge is 0.231 e. The largest absolute Gasteiger partial charge is 0.493 e. The highest BCUT2D eigenvalue weighted by Gasteiger charge is 2.30. The van der Waals surface area contributed by atoms with Gasteiger partial charge in [0, 0.05) is 18.4 Å². The van der Waals surface area contributed by atoms with E-state index in [1.807, 2.05) is 6.07 Å². The highest BCUT2D eigenvalue weighted by molar-refractivity contribution is 6.01. The van der Waals surface area contributed by atoms with E-state index in [4.69, 9.17) is 23.8 Å². The molecule has 136 valence electrons. The quantitative estimate of drug-likeness (QED) is 0.820. The van der Waals surface area contributed by atoms with Crippen LogP contribution in [0.5, 0.6) is 23.0 Å². The van der Waals surface area contributed by atoms with E-state index < -0.39 is 0 Å². The predicted octanol–water partition coefficient (Wildman–Crippen LogP) is 3.31. The maximum atomic E-state index is 13.1. The second kappa shape index (κ2) is 6.74. The first-order chi connectivity index (χ1) is 12.7. The molecule has 0 N–H and O–H groups in total. The summed E-state index contributed by atoms with van der Waals surface area (Å²) in [4.78, 5) is 5.57. The minimum absolute atomic E-state index is 0.128. The van der Waals surface area contributed by atoms with Gasteiger partial charge in [-0.25, -0.2) is 4.39 Å². The fourth-order valence-corrected chi connectivity index (χ4v) is 3.19. The molecular formula is C19H18FNO5. The average Bonchev–Trinajstić information content (AvgIpc) is 3.31. The van der Waals surface area contributed by atoms with Gasteiger partial charge in [-0.3, -0.25) is 0 Å². The van der Waals surface area contributed by atoms with Gasteiger partial charge >= 0.3 is 0 Å². The molecule has 0 fully saturated rings. The van der Waals surface area contributed by atoms with E-state index >= 15 is 0 Å². The zero-order valence-corrected chi connectivity index (χ0v) is 14.5. The second-order valence-corrected chi connectivity index (χ2v) is 6.02. The van der Waals surface area contributed by atoms with Gasteiger partial charge in [0.15, 0.2) is 11.5 Å². The van der Waals surface area contributed by atoms with E-state index in [9.17, 15) is 4.39 Å². The molecule has 0 unspecified atom stereocenters. The zero-order chi connectivity index (χ0) is 18.1. The molecule has 4 rings (SSSR count). The van der Waals surface area contributed by atoms with E-state index in [1.54, 1.807) is 26.4 Å². The lowest BCUT2D eigenvalue weighted by molar-refractivity contribution is 0.0853. The van der Waals surface area contributed by atoms with Crippen molar-refractivity contribution < 1.29 is 28.2 Å². The van der Waals surface area contributed by atoms with E-state index in [1.165, 1.54) is 12.1 Å². The summed E-state index contributed by atoms with van der Waals surface area (Å²) in [6.07, 6.45) is 1.02. The van der Waals surface area contributed by atoms with Crippen LogP contribution in [-0.2, 0) is 11.3 Å². The molecule has 26 heavy (non-hydrogen) atoms. The van der Waals surface area contributed by atoms with Gasteiger partial charge in [-0.05, 0) is 23.8 Å². The van der Waals surface area contributed by atoms with Crippen LogP contribution in [0.15, 0.2) is 35.5 Å². The molecule has 2 aromatic carbocycles. The molecule has 6 nitrogen and oxygen atoms in total. The molecule has 0 spiro atoms. The third kappa shape index (κ3) is 2.89. The van der Waals surface area contributed by atoms with Gasteiger partial charge in [0.25, 0.3) is 0 Å². The molecule has 0 aromatic heterocycles. The summed E-state index contributed by atoms with van der Waals surface area (Å²) < 4.78 is 35.0. The summed E-state index contributed by atoms with van der Waals surface area (Å²) in [6, 6.07) is 8.09. The van der Waals surface area contributed by atoms with Crippen molar-refractivity contribution in [2.24, 2.45) is 5.16 Å². The number of methoxy groups -OCH3 is 2. The highest BCUT2D eigenvalue weighted by atomic mass is 19.1. The van der Waals surface area contributed by atoms with Gasteiger partial charge in [0.05, 0.1) is 19.9 Å². The van der Waals surface area contributed by atoms with E-state index in [2.05, 4.69) is 5.16 Å². The van der Waals surface area contributed by atoms with Crippen LogP contribution in [-0.4, -0.2) is 32.8 Å². The summed E-state index contributed by atoms with van der Waals surface area (Å²) in [5, 5.41) is 4.15. The Morgan fingerprint density at radius 1 is 1.12 bits per heavy atom. The molecular weight excluding hydrogens is 341 g/mol. The van der Waals surface area contributed by atoms with Crippen molar-refractivity contribution in [3.05, 3.63) is 47.3 Å². The lowest BCUT2D eigenvalue weighted by atomic mass is 9.99. The number of ether oxygens (including phenoxy) is 4. The standard InChI is InChI=1S/C19H18FNO5/c1-22-16-8-12(17(23-2)19-18(16)24-10-25-19)7-14-9-15(21-26-14)11-3-5-13(20)6-4-11/h3-6,8,14H,7,9-10H2,1-2H3/t14-/m1/s1. The van der Waals surface area contributed by atoms with E-state index in [-0.39, 0.29) is 18.7 Å². The van der Waals surface area contributed by atoms with Crippen LogP contribution < -0.4 is 18.9 Å². The minimum Gasteiger partial charge on any atom is -0.493 e. The van der Waals surface area contributed by atoms with Crippen LogP contribution in [0.25, 0.3) is 0 Å². The number of halogens is 1. The maximum Gasteiger partial charge on any atom is 0.231 e. The van der Waals surface area contributed by atoms with Gasteiger partial charge in [-0.15, -0.1) is 0 Å². The molecule has 0 amide bonds. The number of oxime groups is 1. The number of fused-ring (bicyclic) bond motifs is 1. The number of benzene rings is 2. The van der Waals surface area contributed by atoms with Gasteiger partial charge in [0.1, 0.15) is 11.9 Å². The summed E-state index contributed by atoms with van der Waals surface area (Å²) >= 11 is 0. The Morgan fingerprint density at radius 3 is 2.62 bits per heavy atom. The van der Waals surface area contributed by atoms with Gasteiger partial charge < -0.3 is 23.8 Å². The zero-order valence-electron chi connectivity index (χ0n) is 14.5. The fraction of sp³-hybridized carbons (Fsp3) is 0.316. The summed E-state index contributed by atoms with van der Waals surface area (Å²) in [7, 11) is 3.17. The molecule has 0 saturated carbocycles. The highest BCUT2D eigenvalue weighted by Crippen LogP contribution is 2.50. The van der Waals surface area contributed by atoms with Crippen molar-refractivity contribution in [3.8, 4) is 23.0 Å². The third-order valence-corrected chi connectivity index (χ3v) is 4.42. The van der Waals surface area contributed by atoms with E-state index in [0.29, 0.717) is 35.8 Å². The molecule has 0 aliphatic carbocycles. The molecule has 1 atom stereocenters. The topological polar surface area (TPSA) is 58.5 Å². The van der Waals surface area contributed by atoms with Crippen molar-refractivity contribution in [1.29, 1.82) is 0 Å². The fourth-order valence-electron chi connectivity index (χ4n) is 3.19. The first-order valence-corrected chi connectivity index (χ1v) is 8.21. The summed E-state index contributed by atoms with van der Waals surface area (Å²) in [6.45, 7) is 0.128. The Hall–Kier alpha value is -2.96. The SMILES string of the molecule is COc1cc(C[C@@H]2CC(c3ccc(F)cc3)=NO2)c(OC)c2c1OCO2. The normalized spacial score (nSPS) is 17.7. The molecule has 0 bridgehead atoms. The molecule has 2 heterocycles.